The number of aromatic nitrogens is 3. The summed E-state index contributed by atoms with van der Waals surface area (Å²) in [6.07, 6.45) is 12.5. The molecule has 2 heterocycles. The fourth-order valence-corrected chi connectivity index (χ4v) is 16.6. The Labute approximate surface area is 757 Å². The maximum atomic E-state index is 14.2. The standard InChI is InChI=1S/C37H34FNO5.C36H33FN2O6.C35H33N3O4/c1-23-8-15-33-27(16-23)13-14-28(33)20-34(37(42)43)39-36(41)30(21-35(40)29-18-31(38)22-32(19-29)44-2)17-24-9-11-26(12-10-24)25-6-4-3-5-7-25;1-44-29-17-25(16-28(37)20-29)32(40)19-26(15-22-11-13-24(14-12-22)23-7-4-3-5-8-23)35(41)39-31(36(42)43)18-27-21-38-34-30(27)9-6-10-33(34)45-2;1-22-13-23(2)15-28(14-22)33(39)18-29(16-24-7-9-25(10-8-24)30-19-36-21-37-20-30)34(40)38-32(35(41)42)17-27-12-11-26-5-3-4-6-31(26)27/h3-12,14-16,18-19,22,30,34H,13,17,20-21H2,1-2H3,(H,39,41)(H,42,43);3-14,16-17,20-21,26,31,38H,15,18-19H2,1-2H3,(H,39,41)(H,42,43);3-10,12-15,19-21,29,32H,11,16-18H2,1-2H3,(H,38,40)(H,41,42)/t30-,34-;26-,31-;29-,32-/m000/s1. The van der Waals surface area contributed by atoms with Crippen molar-refractivity contribution >= 4 is 75.0 Å². The lowest BCUT2D eigenvalue weighted by atomic mass is 9.89. The van der Waals surface area contributed by atoms with Crippen molar-refractivity contribution in [3.63, 3.8) is 0 Å². The Kier molecular flexibility index (Phi) is 31.2. The van der Waals surface area contributed by atoms with Gasteiger partial charge in [-0.15, -0.1) is 0 Å². The summed E-state index contributed by atoms with van der Waals surface area (Å²) in [6.45, 7) is 5.87. The van der Waals surface area contributed by atoms with Crippen LogP contribution in [0.1, 0.15) is 124 Å². The quantitative estimate of drug-likeness (QED) is 0.0179. The van der Waals surface area contributed by atoms with Gasteiger partial charge in [-0.25, -0.2) is 33.1 Å². The van der Waals surface area contributed by atoms with Gasteiger partial charge >= 0.3 is 17.9 Å². The molecule has 2 aliphatic rings. The molecule has 0 saturated heterocycles. The van der Waals surface area contributed by atoms with Crippen molar-refractivity contribution in [2.45, 2.75) is 110 Å². The van der Waals surface area contributed by atoms with Gasteiger partial charge in [0, 0.05) is 115 Å². The third-order valence-corrected chi connectivity index (χ3v) is 23.4. The van der Waals surface area contributed by atoms with Crippen molar-refractivity contribution in [3.8, 4) is 50.6 Å². The molecule has 6 atom stereocenters. The first-order valence-corrected chi connectivity index (χ1v) is 43.0. The number of hydrogen-bond acceptors (Lipinski definition) is 14. The molecule has 0 spiro atoms. The molecule has 15 rings (SSSR count). The zero-order chi connectivity index (χ0) is 92.8. The van der Waals surface area contributed by atoms with Gasteiger partial charge in [0.25, 0.3) is 0 Å². The highest BCUT2D eigenvalue weighted by molar-refractivity contribution is 6.02. The van der Waals surface area contributed by atoms with Crippen LogP contribution < -0.4 is 30.2 Å². The molecular formula is C108H100F2N6O15. The number of halogens is 2. The molecule has 13 aromatic rings. The van der Waals surface area contributed by atoms with Gasteiger partial charge in [-0.3, -0.25) is 28.8 Å². The number of methoxy groups -OCH3 is 3. The Balaban J connectivity index is 0.000000167. The first-order chi connectivity index (χ1) is 63.2. The van der Waals surface area contributed by atoms with Crippen LogP contribution in [0.15, 0.2) is 286 Å². The number of carbonyl (C=O) groups is 9. The third kappa shape index (κ3) is 24.9. The number of fused-ring (bicyclic) bond motifs is 3. The van der Waals surface area contributed by atoms with Crippen LogP contribution in [0.2, 0.25) is 0 Å². The highest BCUT2D eigenvalue weighted by Gasteiger charge is 2.34. The topological polar surface area (TPSA) is 320 Å². The lowest BCUT2D eigenvalue weighted by Crippen LogP contribution is -2.45. The van der Waals surface area contributed by atoms with Crippen molar-refractivity contribution in [1.82, 2.24) is 30.9 Å². The highest BCUT2D eigenvalue weighted by atomic mass is 19.1. The van der Waals surface area contributed by atoms with E-state index in [9.17, 15) is 67.3 Å². The molecule has 0 fully saturated rings. The summed E-state index contributed by atoms with van der Waals surface area (Å²) in [7, 11) is 4.30. The van der Waals surface area contributed by atoms with Crippen LogP contribution in [0.3, 0.4) is 0 Å². The number of ketones is 3. The molecular weight excluding hydrogens is 1660 g/mol. The van der Waals surface area contributed by atoms with Crippen LogP contribution in [0.4, 0.5) is 8.78 Å². The van der Waals surface area contributed by atoms with Gasteiger partial charge < -0.3 is 50.5 Å². The molecule has 0 saturated carbocycles. The van der Waals surface area contributed by atoms with E-state index in [2.05, 4.69) is 37.0 Å². The van der Waals surface area contributed by atoms with E-state index in [0.29, 0.717) is 23.3 Å². The third-order valence-electron chi connectivity index (χ3n) is 23.4. The lowest BCUT2D eigenvalue weighted by Gasteiger charge is -2.21. The number of allylic oxidation sites excluding steroid dienone is 2. The van der Waals surface area contributed by atoms with Crippen LogP contribution >= 0.6 is 0 Å². The van der Waals surface area contributed by atoms with Crippen LogP contribution in [0.25, 0.3) is 55.4 Å². The van der Waals surface area contributed by atoms with Crippen molar-refractivity contribution in [2.75, 3.05) is 21.3 Å². The first kappa shape index (κ1) is 93.3. The Morgan fingerprint density at radius 2 is 0.794 bits per heavy atom. The summed E-state index contributed by atoms with van der Waals surface area (Å²) in [6, 6.07) is 71.5. The Bertz CT molecular complexity index is 6380. The fraction of sp³-hybridized carbons (Fsp3) is 0.213. The molecule has 666 valence electrons. The molecule has 2 aromatic heterocycles. The van der Waals surface area contributed by atoms with E-state index < -0.39 is 94.7 Å². The highest BCUT2D eigenvalue weighted by Crippen LogP contribution is 2.36. The second kappa shape index (κ2) is 43.9. The minimum absolute atomic E-state index is 0.00176. The number of hydrogen-bond donors (Lipinski definition) is 7. The number of aromatic amines is 1. The van der Waals surface area contributed by atoms with Gasteiger partial charge in [-0.2, -0.15) is 0 Å². The largest absolute Gasteiger partial charge is 0.497 e. The molecule has 131 heavy (non-hydrogen) atoms. The summed E-state index contributed by atoms with van der Waals surface area (Å²) < 4.78 is 44.0. The maximum Gasteiger partial charge on any atom is 0.326 e. The molecule has 7 N–H and O–H groups in total. The SMILES string of the molecule is COc1cc(F)cc(C(=O)C[C@H](Cc2ccc(-c3ccccc3)cc2)C(=O)N[C@@H](CC2=CCc3cc(C)ccc32)C(=O)O)c1.COc1cc(F)cc(C(=O)C[C@H](Cc2ccc(-c3ccccc3)cc2)C(=O)N[C@@H](Cc2c[nH]c3c(OC)cccc23)C(=O)O)c1.Cc1cc(C)cc(C(=O)C[C@H](Cc2ccc(-c3cncnc3)cc2)C(=O)N[C@@H](CC2=CCc3ccccc32)C(=O)O)c1. The zero-order valence-corrected chi connectivity index (χ0v) is 73.3. The second-order valence-corrected chi connectivity index (χ2v) is 32.9. The summed E-state index contributed by atoms with van der Waals surface area (Å²) in [5.41, 5.74) is 19.5. The van der Waals surface area contributed by atoms with Gasteiger partial charge in [0.05, 0.1) is 26.8 Å². The van der Waals surface area contributed by atoms with Crippen LogP contribution in [-0.4, -0.2) is 123 Å². The number of rotatable bonds is 36. The van der Waals surface area contributed by atoms with E-state index in [4.69, 9.17) is 14.2 Å². The minimum atomic E-state index is -1.27. The summed E-state index contributed by atoms with van der Waals surface area (Å²) in [4.78, 5) is 130. The Hall–Kier alpha value is -15.4. The van der Waals surface area contributed by atoms with E-state index >= 15 is 0 Å². The normalized spacial score (nSPS) is 13.1. The second-order valence-electron chi connectivity index (χ2n) is 32.9. The molecule has 0 aliphatic heterocycles. The number of ether oxygens (including phenoxy) is 3. The van der Waals surface area contributed by atoms with Crippen molar-refractivity contribution in [2.24, 2.45) is 17.8 Å². The lowest BCUT2D eigenvalue weighted by molar-refractivity contribution is -0.142. The number of carboxylic acids is 3. The van der Waals surface area contributed by atoms with Gasteiger partial charge in [-0.1, -0.05) is 223 Å². The van der Waals surface area contributed by atoms with Crippen LogP contribution in [0, 0.1) is 50.2 Å². The molecule has 0 radical (unpaired) electrons. The smallest absolute Gasteiger partial charge is 0.326 e. The first-order valence-electron chi connectivity index (χ1n) is 43.0. The number of nitrogens with one attached hydrogen (secondary N) is 4. The Morgan fingerprint density at radius 3 is 1.24 bits per heavy atom. The van der Waals surface area contributed by atoms with Crippen LogP contribution in [0.5, 0.6) is 17.2 Å². The van der Waals surface area contributed by atoms with Crippen molar-refractivity contribution < 1.29 is 81.5 Å². The number of para-hydroxylation sites is 1. The van der Waals surface area contributed by atoms with Gasteiger partial charge in [0.2, 0.25) is 17.7 Å². The Morgan fingerprint density at radius 1 is 0.389 bits per heavy atom. The number of H-pyrrole nitrogens is 1. The average Bonchev–Trinajstić information content (AvgIpc) is 1.67. The minimum Gasteiger partial charge on any atom is -0.497 e. The monoisotopic (exact) mass is 1760 g/mol. The molecule has 2 aliphatic carbocycles. The van der Waals surface area contributed by atoms with E-state index in [1.54, 1.807) is 37.8 Å². The summed E-state index contributed by atoms with van der Waals surface area (Å²) >= 11 is 0. The molecule has 21 nitrogen and oxygen atoms in total. The number of carbonyl (C=O) groups excluding carboxylic acids is 6. The number of benzene rings is 11. The number of aryl methyl sites for hydroxylation is 3. The number of carboxylic acid groups (broad SMARTS) is 3. The van der Waals surface area contributed by atoms with E-state index in [-0.39, 0.29) is 86.2 Å². The molecule has 23 heteroatoms. The van der Waals surface area contributed by atoms with E-state index in [1.165, 1.54) is 38.7 Å². The average molecular weight is 1760 g/mol. The maximum absolute atomic E-state index is 14.2. The molecule has 11 aromatic carbocycles. The number of aliphatic carboxylic acids is 3. The molecule has 0 bridgehead atoms. The van der Waals surface area contributed by atoms with Gasteiger partial charge in [-0.05, 0) is 179 Å². The van der Waals surface area contributed by atoms with E-state index in [0.717, 1.165) is 136 Å². The number of amides is 3. The fourth-order valence-electron chi connectivity index (χ4n) is 16.6. The van der Waals surface area contributed by atoms with Gasteiger partial charge in [0.1, 0.15) is 53.3 Å². The zero-order valence-electron chi connectivity index (χ0n) is 73.3. The van der Waals surface area contributed by atoms with Crippen molar-refractivity contribution in [3.05, 3.63) is 375 Å². The van der Waals surface area contributed by atoms with Gasteiger partial charge in [0.15, 0.2) is 17.3 Å². The number of Topliss-reactive ketones (excluding diaryl/α,β-unsaturated/α-hetero) is 3. The summed E-state index contributed by atoms with van der Waals surface area (Å²) in [5.74, 6) is -9.02. The van der Waals surface area contributed by atoms with Crippen LogP contribution in [-0.2, 0) is 67.3 Å². The predicted molar refractivity (Wildman–Crippen MR) is 499 cm³/mol. The number of nitrogens with zero attached hydrogens (tertiary/aromatic N) is 2. The van der Waals surface area contributed by atoms with Crippen molar-refractivity contribution in [1.29, 1.82) is 0 Å². The predicted octanol–water partition coefficient (Wildman–Crippen LogP) is 18.9. The molecule has 0 unspecified atom stereocenters. The van der Waals surface area contributed by atoms with E-state index in [1.807, 2.05) is 227 Å². The molecule has 3 amide bonds. The summed E-state index contributed by atoms with van der Waals surface area (Å²) in [5, 5.41) is 39.1.